The Morgan fingerprint density at radius 1 is 1.35 bits per heavy atom. The second kappa shape index (κ2) is 7.15. The van der Waals surface area contributed by atoms with Crippen LogP contribution in [0.4, 0.5) is 5.69 Å². The molecule has 3 atom stereocenters. The number of nitrogens with zero attached hydrogens (tertiary/aromatic N) is 2. The van der Waals surface area contributed by atoms with Crippen LogP contribution in [-0.4, -0.2) is 47.0 Å². The number of benzene rings is 1. The first-order chi connectivity index (χ1) is 12.6. The molecule has 3 unspecified atom stereocenters. The minimum atomic E-state index is -0.204. The standard InChI is InChI=1S/C18H24ClN5O2/c1-11-13(19)6-4-7-14(11)21-16(25)10-23-17-9-20-22-24(17)15-8-3-2-5-12(15)18(23)26/h4,6-7,12,15,17,20,22H,2-3,5,8-10H2,1H3,(H,21,25). The number of anilines is 1. The molecule has 0 bridgehead atoms. The number of carbonyl (C=O) groups excluding carboxylic acids is 2. The summed E-state index contributed by atoms with van der Waals surface area (Å²) in [6.07, 6.45) is 3.99. The van der Waals surface area contributed by atoms with Crippen LogP contribution in [-0.2, 0) is 9.59 Å². The van der Waals surface area contributed by atoms with Crippen molar-refractivity contribution in [2.24, 2.45) is 5.92 Å². The lowest BCUT2D eigenvalue weighted by Crippen LogP contribution is -2.66. The van der Waals surface area contributed by atoms with E-state index in [1.54, 1.807) is 17.0 Å². The third kappa shape index (κ3) is 3.09. The molecule has 2 saturated heterocycles. The lowest BCUT2D eigenvalue weighted by Gasteiger charge is -2.48. The van der Waals surface area contributed by atoms with Crippen LogP contribution in [0.3, 0.4) is 0 Å². The topological polar surface area (TPSA) is 76.7 Å². The number of hydrazine groups is 2. The summed E-state index contributed by atoms with van der Waals surface area (Å²) in [6, 6.07) is 5.62. The SMILES string of the molecule is Cc1c(Cl)cccc1NC(=O)CN1C(=O)C2CCCCC2N2NNCC12. The largest absolute Gasteiger partial charge is 0.324 e. The number of hydrogen-bond acceptors (Lipinski definition) is 5. The van der Waals surface area contributed by atoms with E-state index in [4.69, 9.17) is 11.6 Å². The zero-order valence-electron chi connectivity index (χ0n) is 14.8. The van der Waals surface area contributed by atoms with Crippen molar-refractivity contribution in [1.29, 1.82) is 0 Å². The van der Waals surface area contributed by atoms with Gasteiger partial charge in [0.1, 0.15) is 12.7 Å². The molecule has 140 valence electrons. The average Bonchev–Trinajstić information content (AvgIpc) is 3.12. The molecular formula is C18H24ClN5O2. The summed E-state index contributed by atoms with van der Waals surface area (Å²) < 4.78 is 0. The fourth-order valence-electron chi connectivity index (χ4n) is 4.33. The second-order valence-corrected chi connectivity index (χ2v) is 7.67. The molecule has 0 aromatic heterocycles. The average molecular weight is 378 g/mol. The fraction of sp³-hybridized carbons (Fsp3) is 0.556. The Labute approximate surface area is 158 Å². The Kier molecular flexibility index (Phi) is 4.88. The maximum absolute atomic E-state index is 13.1. The van der Waals surface area contributed by atoms with E-state index >= 15 is 0 Å². The number of fused-ring (bicyclic) bond motifs is 3. The van der Waals surface area contributed by atoms with Gasteiger partial charge in [-0.25, -0.2) is 10.4 Å². The van der Waals surface area contributed by atoms with Crippen LogP contribution in [0.15, 0.2) is 18.2 Å². The number of rotatable bonds is 3. The van der Waals surface area contributed by atoms with Crippen LogP contribution < -0.4 is 16.3 Å². The van der Waals surface area contributed by atoms with Crippen molar-refractivity contribution in [2.45, 2.75) is 44.8 Å². The Bertz CT molecular complexity index is 728. The van der Waals surface area contributed by atoms with Gasteiger partial charge in [-0.05, 0) is 37.5 Å². The highest BCUT2D eigenvalue weighted by atomic mass is 35.5. The molecule has 8 heteroatoms. The number of amides is 2. The van der Waals surface area contributed by atoms with Crippen molar-refractivity contribution in [1.82, 2.24) is 20.9 Å². The molecule has 2 amide bonds. The molecule has 1 aromatic carbocycles. The van der Waals surface area contributed by atoms with Crippen LogP contribution >= 0.6 is 11.6 Å². The highest BCUT2D eigenvalue weighted by Crippen LogP contribution is 2.35. The highest BCUT2D eigenvalue weighted by molar-refractivity contribution is 6.31. The van der Waals surface area contributed by atoms with Crippen molar-refractivity contribution in [3.05, 3.63) is 28.8 Å². The quantitative estimate of drug-likeness (QED) is 0.746. The molecule has 3 aliphatic rings. The Balaban J connectivity index is 1.50. The molecule has 2 aliphatic heterocycles. The zero-order chi connectivity index (χ0) is 18.3. The van der Waals surface area contributed by atoms with Crippen LogP contribution in [0.25, 0.3) is 0 Å². The number of halogens is 1. The molecule has 1 aliphatic carbocycles. The monoisotopic (exact) mass is 377 g/mol. The minimum Gasteiger partial charge on any atom is -0.324 e. The summed E-state index contributed by atoms with van der Waals surface area (Å²) in [4.78, 5) is 27.4. The molecule has 1 saturated carbocycles. The Morgan fingerprint density at radius 3 is 3.00 bits per heavy atom. The molecule has 1 aromatic rings. The van der Waals surface area contributed by atoms with Gasteiger partial charge < -0.3 is 10.2 Å². The van der Waals surface area contributed by atoms with Gasteiger partial charge in [0.2, 0.25) is 11.8 Å². The maximum atomic E-state index is 13.1. The van der Waals surface area contributed by atoms with Gasteiger partial charge in [-0.1, -0.05) is 30.5 Å². The van der Waals surface area contributed by atoms with Crippen molar-refractivity contribution in [3.8, 4) is 0 Å². The summed E-state index contributed by atoms with van der Waals surface area (Å²) >= 11 is 6.12. The van der Waals surface area contributed by atoms with Gasteiger partial charge in [0, 0.05) is 23.3 Å². The highest BCUT2D eigenvalue weighted by Gasteiger charge is 2.49. The molecule has 2 heterocycles. The van der Waals surface area contributed by atoms with Gasteiger partial charge >= 0.3 is 0 Å². The summed E-state index contributed by atoms with van der Waals surface area (Å²) in [5, 5.41) is 5.63. The normalized spacial score (nSPS) is 28.6. The molecule has 7 nitrogen and oxygen atoms in total. The summed E-state index contributed by atoms with van der Waals surface area (Å²) in [5.74, 6) is -0.141. The lowest BCUT2D eigenvalue weighted by molar-refractivity contribution is -0.162. The molecule has 0 spiro atoms. The summed E-state index contributed by atoms with van der Waals surface area (Å²) in [7, 11) is 0. The van der Waals surface area contributed by atoms with Crippen molar-refractivity contribution in [3.63, 3.8) is 0 Å². The van der Waals surface area contributed by atoms with E-state index in [-0.39, 0.29) is 36.5 Å². The fourth-order valence-corrected chi connectivity index (χ4v) is 4.50. The Morgan fingerprint density at radius 2 is 2.15 bits per heavy atom. The predicted octanol–water partition coefficient (Wildman–Crippen LogP) is 1.64. The summed E-state index contributed by atoms with van der Waals surface area (Å²) in [6.45, 7) is 2.51. The van der Waals surface area contributed by atoms with Crippen LogP contribution in [0, 0.1) is 12.8 Å². The minimum absolute atomic E-state index is 0.0342. The first kappa shape index (κ1) is 17.7. The van der Waals surface area contributed by atoms with Crippen molar-refractivity contribution in [2.75, 3.05) is 18.4 Å². The third-order valence-corrected chi connectivity index (χ3v) is 6.13. The second-order valence-electron chi connectivity index (χ2n) is 7.27. The molecule has 4 rings (SSSR count). The van der Waals surface area contributed by atoms with Gasteiger partial charge in [-0.2, -0.15) is 5.53 Å². The van der Waals surface area contributed by atoms with Gasteiger partial charge in [0.05, 0.1) is 5.92 Å². The lowest BCUT2D eigenvalue weighted by atomic mass is 9.81. The van der Waals surface area contributed by atoms with E-state index in [2.05, 4.69) is 21.3 Å². The van der Waals surface area contributed by atoms with Gasteiger partial charge in [-0.15, -0.1) is 0 Å². The first-order valence-electron chi connectivity index (χ1n) is 9.18. The van der Waals surface area contributed by atoms with Crippen molar-refractivity contribution >= 4 is 29.1 Å². The zero-order valence-corrected chi connectivity index (χ0v) is 15.6. The smallest absolute Gasteiger partial charge is 0.244 e. The van der Waals surface area contributed by atoms with Crippen LogP contribution in [0.1, 0.15) is 31.2 Å². The van der Waals surface area contributed by atoms with Gasteiger partial charge in [0.25, 0.3) is 0 Å². The molecular weight excluding hydrogens is 354 g/mol. The van der Waals surface area contributed by atoms with E-state index in [0.717, 1.165) is 31.2 Å². The molecule has 3 fully saturated rings. The van der Waals surface area contributed by atoms with E-state index in [1.807, 2.05) is 13.0 Å². The Hall–Kier alpha value is -1.67. The van der Waals surface area contributed by atoms with E-state index in [1.165, 1.54) is 0 Å². The predicted molar refractivity (Wildman–Crippen MR) is 99.0 cm³/mol. The number of nitrogens with one attached hydrogen (secondary N) is 3. The molecule has 3 N–H and O–H groups in total. The van der Waals surface area contributed by atoms with Gasteiger partial charge in [0.15, 0.2) is 0 Å². The maximum Gasteiger partial charge on any atom is 0.244 e. The molecule has 0 radical (unpaired) electrons. The van der Waals surface area contributed by atoms with E-state index in [0.29, 0.717) is 17.3 Å². The summed E-state index contributed by atoms with van der Waals surface area (Å²) in [5.41, 5.74) is 7.82. The van der Waals surface area contributed by atoms with Crippen LogP contribution in [0.5, 0.6) is 0 Å². The third-order valence-electron chi connectivity index (χ3n) is 5.72. The van der Waals surface area contributed by atoms with Gasteiger partial charge in [-0.3, -0.25) is 9.59 Å². The van der Waals surface area contributed by atoms with Crippen LogP contribution in [0.2, 0.25) is 5.02 Å². The number of carbonyl (C=O) groups is 2. The van der Waals surface area contributed by atoms with E-state index < -0.39 is 0 Å². The van der Waals surface area contributed by atoms with Crippen molar-refractivity contribution < 1.29 is 9.59 Å². The molecule has 26 heavy (non-hydrogen) atoms. The first-order valence-corrected chi connectivity index (χ1v) is 9.56. The van der Waals surface area contributed by atoms with E-state index in [9.17, 15) is 9.59 Å². The number of hydrogen-bond donors (Lipinski definition) is 3.